The van der Waals surface area contributed by atoms with Gasteiger partial charge in [-0.3, -0.25) is 4.79 Å². The fourth-order valence-electron chi connectivity index (χ4n) is 4.10. The smallest absolute Gasteiger partial charge is 0.240 e. The number of likely N-dealkylation sites (tertiary alicyclic amines) is 1. The zero-order valence-corrected chi connectivity index (χ0v) is 16.4. The predicted molar refractivity (Wildman–Crippen MR) is 114 cm³/mol. The van der Waals surface area contributed by atoms with E-state index in [1.807, 2.05) is 35.2 Å². The molecule has 0 aliphatic carbocycles. The van der Waals surface area contributed by atoms with Crippen molar-refractivity contribution in [3.63, 3.8) is 0 Å². The van der Waals surface area contributed by atoms with Gasteiger partial charge >= 0.3 is 0 Å². The number of carbonyl (C=O) groups is 1. The van der Waals surface area contributed by atoms with Crippen molar-refractivity contribution in [2.75, 3.05) is 6.54 Å². The van der Waals surface area contributed by atoms with Crippen LogP contribution in [0.15, 0.2) is 66.7 Å². The number of phenolic OH excluding ortho intramolecular Hbond substituents is 1. The van der Waals surface area contributed by atoms with E-state index in [1.54, 1.807) is 12.1 Å². The fraction of sp³-hybridized carbons (Fsp3) is 0.292. The van der Waals surface area contributed by atoms with Crippen LogP contribution in [0.25, 0.3) is 11.3 Å². The number of benzene rings is 2. The Morgan fingerprint density at radius 3 is 2.59 bits per heavy atom. The molecule has 5 nitrogen and oxygen atoms in total. The molecule has 0 radical (unpaired) electrons. The number of phenols is 1. The van der Waals surface area contributed by atoms with E-state index in [0.29, 0.717) is 6.42 Å². The number of piperidine rings is 1. The Balaban J connectivity index is 1.50. The molecular formula is C24H27N3O2. The topological polar surface area (TPSA) is 82.3 Å². The van der Waals surface area contributed by atoms with Crippen LogP contribution in [0, 0.1) is 0 Å². The maximum absolute atomic E-state index is 13.2. The van der Waals surface area contributed by atoms with Gasteiger partial charge in [-0.15, -0.1) is 0 Å². The Morgan fingerprint density at radius 2 is 1.83 bits per heavy atom. The first-order valence-electron chi connectivity index (χ1n) is 10.2. The van der Waals surface area contributed by atoms with Crippen molar-refractivity contribution in [1.29, 1.82) is 0 Å². The number of nitrogens with one attached hydrogen (secondary N) is 1. The second kappa shape index (κ2) is 8.53. The lowest BCUT2D eigenvalue weighted by molar-refractivity contribution is -0.136. The standard InChI is InChI=1S/C24H27N3O2/c25-20(16-17-9-11-19(28)12-10-17)24(29)27-15-5-4-8-23(27)22-14-13-21(26-22)18-6-2-1-3-7-18/h1-3,6-7,9-14,20,23,26,28H,4-5,8,15-16,25H2. The minimum atomic E-state index is -0.594. The fourth-order valence-corrected chi connectivity index (χ4v) is 4.10. The van der Waals surface area contributed by atoms with Crippen LogP contribution in [0.1, 0.15) is 36.6 Å². The third-order valence-corrected chi connectivity index (χ3v) is 5.65. The van der Waals surface area contributed by atoms with Gasteiger partial charge in [0.25, 0.3) is 0 Å². The molecule has 0 spiro atoms. The second-order valence-electron chi connectivity index (χ2n) is 7.71. The SMILES string of the molecule is NC(Cc1ccc(O)cc1)C(=O)N1CCCCC1c1ccc(-c2ccccc2)[nH]1. The number of hydrogen-bond donors (Lipinski definition) is 3. The molecule has 1 aliphatic heterocycles. The molecule has 1 fully saturated rings. The van der Waals surface area contributed by atoms with Crippen LogP contribution in [-0.2, 0) is 11.2 Å². The number of nitrogens with two attached hydrogens (primary N) is 1. The van der Waals surface area contributed by atoms with Gasteiger partial charge in [-0.1, -0.05) is 42.5 Å². The maximum atomic E-state index is 13.2. The van der Waals surface area contributed by atoms with Crippen molar-refractivity contribution >= 4 is 5.91 Å². The number of H-pyrrole nitrogens is 1. The van der Waals surface area contributed by atoms with E-state index in [9.17, 15) is 9.90 Å². The van der Waals surface area contributed by atoms with E-state index in [2.05, 4.69) is 29.2 Å². The Morgan fingerprint density at radius 1 is 1.07 bits per heavy atom. The predicted octanol–water partition coefficient (Wildman–Crippen LogP) is 4.01. The van der Waals surface area contributed by atoms with Gasteiger partial charge in [0.2, 0.25) is 5.91 Å². The minimum Gasteiger partial charge on any atom is -0.508 e. The number of rotatable bonds is 5. The van der Waals surface area contributed by atoms with Gasteiger partial charge < -0.3 is 20.7 Å². The highest BCUT2D eigenvalue weighted by molar-refractivity contribution is 5.82. The molecule has 0 saturated carbocycles. The lowest BCUT2D eigenvalue weighted by atomic mass is 9.97. The van der Waals surface area contributed by atoms with Gasteiger partial charge in [-0.2, -0.15) is 0 Å². The molecule has 1 aromatic heterocycles. The number of carbonyl (C=O) groups excluding carboxylic acids is 1. The summed E-state index contributed by atoms with van der Waals surface area (Å²) >= 11 is 0. The minimum absolute atomic E-state index is 0.0152. The first kappa shape index (κ1) is 19.3. The molecule has 4 rings (SSSR count). The third-order valence-electron chi connectivity index (χ3n) is 5.65. The number of aromatic amines is 1. The zero-order chi connectivity index (χ0) is 20.2. The summed E-state index contributed by atoms with van der Waals surface area (Å²) in [5.41, 5.74) is 10.5. The van der Waals surface area contributed by atoms with E-state index in [1.165, 1.54) is 0 Å². The molecular weight excluding hydrogens is 362 g/mol. The third kappa shape index (κ3) is 4.35. The molecule has 150 valence electrons. The number of amides is 1. The molecule has 2 aromatic carbocycles. The number of aromatic nitrogens is 1. The summed E-state index contributed by atoms with van der Waals surface area (Å²) in [5, 5.41) is 9.44. The molecule has 1 aliphatic rings. The van der Waals surface area contributed by atoms with E-state index >= 15 is 0 Å². The van der Waals surface area contributed by atoms with Crippen LogP contribution >= 0.6 is 0 Å². The summed E-state index contributed by atoms with van der Waals surface area (Å²) in [4.78, 5) is 18.6. The van der Waals surface area contributed by atoms with Gasteiger partial charge in [0.1, 0.15) is 5.75 Å². The van der Waals surface area contributed by atoms with Crippen LogP contribution in [0.4, 0.5) is 0 Å². The van der Waals surface area contributed by atoms with Crippen molar-refractivity contribution < 1.29 is 9.90 Å². The van der Waals surface area contributed by atoms with E-state index in [0.717, 1.165) is 48.3 Å². The van der Waals surface area contributed by atoms with Crippen LogP contribution in [0.5, 0.6) is 5.75 Å². The summed E-state index contributed by atoms with van der Waals surface area (Å²) in [7, 11) is 0. The van der Waals surface area contributed by atoms with Gasteiger partial charge in [-0.05, 0) is 61.1 Å². The molecule has 1 saturated heterocycles. The average Bonchev–Trinajstić information content (AvgIpc) is 3.25. The average molecular weight is 389 g/mol. The molecule has 2 atom stereocenters. The summed E-state index contributed by atoms with van der Waals surface area (Å²) in [6, 6.07) is 20.7. The number of aromatic hydroxyl groups is 1. The molecule has 2 unspecified atom stereocenters. The van der Waals surface area contributed by atoms with Gasteiger partial charge in [-0.25, -0.2) is 0 Å². The largest absolute Gasteiger partial charge is 0.508 e. The van der Waals surface area contributed by atoms with Crippen molar-refractivity contribution in [2.24, 2.45) is 5.73 Å². The second-order valence-corrected chi connectivity index (χ2v) is 7.71. The highest BCUT2D eigenvalue weighted by atomic mass is 16.3. The number of hydrogen-bond acceptors (Lipinski definition) is 3. The van der Waals surface area contributed by atoms with Gasteiger partial charge in [0.15, 0.2) is 0 Å². The van der Waals surface area contributed by atoms with Crippen LogP contribution in [0.3, 0.4) is 0 Å². The molecule has 5 heteroatoms. The Labute approximate surface area is 171 Å². The molecule has 3 aromatic rings. The molecule has 1 amide bonds. The van der Waals surface area contributed by atoms with E-state index < -0.39 is 6.04 Å². The van der Waals surface area contributed by atoms with Crippen molar-refractivity contribution in [3.05, 3.63) is 78.0 Å². The zero-order valence-electron chi connectivity index (χ0n) is 16.4. The Bertz CT molecular complexity index is 950. The highest BCUT2D eigenvalue weighted by Crippen LogP contribution is 2.32. The van der Waals surface area contributed by atoms with Crippen molar-refractivity contribution in [3.8, 4) is 17.0 Å². The quantitative estimate of drug-likeness (QED) is 0.617. The van der Waals surface area contributed by atoms with Crippen molar-refractivity contribution in [2.45, 2.75) is 37.8 Å². The first-order chi connectivity index (χ1) is 14.1. The number of nitrogens with zero attached hydrogens (tertiary/aromatic N) is 1. The summed E-state index contributed by atoms with van der Waals surface area (Å²) in [6.07, 6.45) is 3.50. The lowest BCUT2D eigenvalue weighted by Gasteiger charge is -2.37. The Kier molecular flexibility index (Phi) is 5.67. The van der Waals surface area contributed by atoms with E-state index in [-0.39, 0.29) is 17.7 Å². The lowest BCUT2D eigenvalue weighted by Crippen LogP contribution is -2.48. The monoisotopic (exact) mass is 389 g/mol. The molecule has 2 heterocycles. The van der Waals surface area contributed by atoms with Crippen LogP contribution in [-0.4, -0.2) is 33.5 Å². The van der Waals surface area contributed by atoms with Gasteiger partial charge in [0.05, 0.1) is 12.1 Å². The Hall–Kier alpha value is -3.05. The first-order valence-corrected chi connectivity index (χ1v) is 10.2. The van der Waals surface area contributed by atoms with Crippen LogP contribution in [0.2, 0.25) is 0 Å². The summed E-state index contributed by atoms with van der Waals surface area (Å²) in [6.45, 7) is 0.729. The summed E-state index contributed by atoms with van der Waals surface area (Å²) < 4.78 is 0. The van der Waals surface area contributed by atoms with Crippen LogP contribution < -0.4 is 5.73 Å². The normalized spacial score (nSPS) is 17.8. The highest BCUT2D eigenvalue weighted by Gasteiger charge is 2.31. The van der Waals surface area contributed by atoms with E-state index in [4.69, 9.17) is 5.73 Å². The molecule has 29 heavy (non-hydrogen) atoms. The maximum Gasteiger partial charge on any atom is 0.240 e. The molecule has 0 bridgehead atoms. The molecule has 4 N–H and O–H groups in total. The van der Waals surface area contributed by atoms with Crippen molar-refractivity contribution in [1.82, 2.24) is 9.88 Å². The summed E-state index contributed by atoms with van der Waals surface area (Å²) in [5.74, 6) is 0.198. The van der Waals surface area contributed by atoms with Gasteiger partial charge in [0, 0.05) is 17.9 Å².